The van der Waals surface area contributed by atoms with Gasteiger partial charge in [-0.3, -0.25) is 0 Å². The summed E-state index contributed by atoms with van der Waals surface area (Å²) >= 11 is 0. The van der Waals surface area contributed by atoms with Crippen LogP contribution in [0.25, 0.3) is 0 Å². The number of hydrogen-bond acceptors (Lipinski definition) is 0. The van der Waals surface area contributed by atoms with Crippen LogP contribution in [0.1, 0.15) is 0 Å². The first-order chi connectivity index (χ1) is 5.39. The van der Waals surface area contributed by atoms with Crippen LogP contribution in [-0.2, 0) is 0 Å². The fourth-order valence-corrected chi connectivity index (χ4v) is 0.367. The first kappa shape index (κ1) is 10.9. The smallest absolute Gasteiger partial charge is 0.418 e. The normalized spacial score (nSPS) is 10.1. The van der Waals surface area contributed by atoms with Gasteiger partial charge in [0.05, 0.1) is 0 Å². The van der Waals surface area contributed by atoms with E-state index in [9.17, 15) is 21.7 Å². The molecule has 0 nitrogen and oxygen atoms in total. The lowest BCUT2D eigenvalue weighted by Crippen LogP contribution is -2.02. The summed E-state index contributed by atoms with van der Waals surface area (Å²) in [6.45, 7) is 0. The maximum absolute atomic E-state index is 11.9. The summed E-state index contributed by atoms with van der Waals surface area (Å²) in [5.41, 5.74) is 0. The minimum absolute atomic E-state index is 0.209. The molecule has 67 valence electrons. The van der Waals surface area contributed by atoms with Crippen LogP contribution in [0.4, 0.5) is 21.7 Å². The van der Waals surface area contributed by atoms with Gasteiger partial charge in [0.1, 0.15) is 5.82 Å². The van der Waals surface area contributed by atoms with Gasteiger partial charge in [-0.15, -0.1) is 0 Å². The number of hydrogen-bond donors (Lipinski definition) is 0. The Balaban J connectivity index is 0.000000217. The largest absolute Gasteiger partial charge is 0.673 e. The van der Waals surface area contributed by atoms with Gasteiger partial charge in [-0.2, -0.15) is 0 Å². The summed E-state index contributed by atoms with van der Waals surface area (Å²) in [5, 5.41) is 0. The molecule has 0 spiro atoms. The fourth-order valence-electron chi connectivity index (χ4n) is 0.367. The molecule has 0 N–H and O–H groups in total. The number of benzene rings is 1. The lowest BCUT2D eigenvalue weighted by molar-refractivity contribution is 0.368. The van der Waals surface area contributed by atoms with E-state index < -0.39 is 7.25 Å². The molecule has 0 atom stereocenters. The highest BCUT2D eigenvalue weighted by Crippen LogP contribution is 2.06. The van der Waals surface area contributed by atoms with Gasteiger partial charge in [-0.05, 0) is 18.2 Å². The lowest BCUT2D eigenvalue weighted by atomic mass is 10.3. The molecule has 6 heteroatoms. The molecule has 1 aromatic rings. The van der Waals surface area contributed by atoms with Crippen molar-refractivity contribution >= 4 is 7.25 Å². The van der Waals surface area contributed by atoms with Crippen LogP contribution in [0.15, 0.2) is 24.3 Å². The predicted molar refractivity (Wildman–Crippen MR) is 35.4 cm³/mol. The molecule has 0 aliphatic carbocycles. The topological polar surface area (TPSA) is 0 Å². The summed E-state index contributed by atoms with van der Waals surface area (Å²) < 4.78 is 50.9. The zero-order valence-corrected chi connectivity index (χ0v) is 5.78. The Hall–Kier alpha value is -1.07. The standard InChI is InChI=1S/C6H4F.BF4/c7-6-4-2-1-3-5-6;2-1(3,4)5/h2-5H;/q;-1. The van der Waals surface area contributed by atoms with E-state index >= 15 is 0 Å². The van der Waals surface area contributed by atoms with Crippen molar-refractivity contribution < 1.29 is 21.7 Å². The van der Waals surface area contributed by atoms with Crippen LogP contribution in [0.3, 0.4) is 0 Å². The van der Waals surface area contributed by atoms with E-state index in [0.29, 0.717) is 0 Å². The molecular weight excluding hydrogens is 178 g/mol. The Morgan fingerprint density at radius 3 is 1.50 bits per heavy atom. The molecule has 0 bridgehead atoms. The van der Waals surface area contributed by atoms with Crippen molar-refractivity contribution in [2.24, 2.45) is 0 Å². The molecule has 0 aromatic heterocycles. The van der Waals surface area contributed by atoms with Crippen molar-refractivity contribution in [3.05, 3.63) is 36.1 Å². The Kier molecular flexibility index (Phi) is 4.32. The zero-order valence-electron chi connectivity index (χ0n) is 5.78. The first-order valence-electron chi connectivity index (χ1n) is 2.88. The Morgan fingerprint density at radius 2 is 1.33 bits per heavy atom. The highest BCUT2D eigenvalue weighted by molar-refractivity contribution is 6.50. The van der Waals surface area contributed by atoms with Gasteiger partial charge in [0.25, 0.3) is 0 Å². The Morgan fingerprint density at radius 1 is 1.00 bits per heavy atom. The molecule has 0 fully saturated rings. The van der Waals surface area contributed by atoms with Crippen molar-refractivity contribution in [2.45, 2.75) is 0 Å². The molecule has 1 radical (unpaired) electrons. The highest BCUT2D eigenvalue weighted by Gasteiger charge is 2.20. The fraction of sp³-hybridized carbons (Fsp3) is 0. The summed E-state index contributed by atoms with van der Waals surface area (Å²) in [4.78, 5) is 0. The van der Waals surface area contributed by atoms with E-state index in [4.69, 9.17) is 0 Å². The molecule has 0 amide bonds. The molecule has 0 heterocycles. The summed E-state index contributed by atoms with van der Waals surface area (Å²) in [5.74, 6) is -0.209. The Labute approximate surface area is 66.1 Å². The van der Waals surface area contributed by atoms with Crippen molar-refractivity contribution in [3.63, 3.8) is 0 Å². The molecule has 12 heavy (non-hydrogen) atoms. The second kappa shape index (κ2) is 4.74. The molecule has 1 aromatic carbocycles. The molecular formula is C6H4BF5-. The maximum Gasteiger partial charge on any atom is 0.673 e. The van der Waals surface area contributed by atoms with Gasteiger partial charge < -0.3 is 17.3 Å². The third-order valence-electron chi connectivity index (χ3n) is 0.678. The molecule has 1 rings (SSSR count). The van der Waals surface area contributed by atoms with E-state index in [1.165, 1.54) is 24.3 Å². The van der Waals surface area contributed by atoms with E-state index in [1.807, 2.05) is 0 Å². The third-order valence-corrected chi connectivity index (χ3v) is 0.678. The van der Waals surface area contributed by atoms with E-state index in [2.05, 4.69) is 6.07 Å². The molecule has 0 saturated carbocycles. The molecule has 0 aliphatic rings. The summed E-state index contributed by atoms with van der Waals surface area (Å²) in [6.07, 6.45) is 0. The van der Waals surface area contributed by atoms with Gasteiger partial charge in [-0.1, -0.05) is 12.1 Å². The second-order valence-electron chi connectivity index (χ2n) is 1.71. The lowest BCUT2D eigenvalue weighted by Gasteiger charge is -1.94. The highest BCUT2D eigenvalue weighted by atomic mass is 19.5. The third kappa shape index (κ3) is 11.7. The average molecular weight is 182 g/mol. The van der Waals surface area contributed by atoms with Crippen LogP contribution in [0.2, 0.25) is 0 Å². The molecule has 0 aliphatic heterocycles. The maximum atomic E-state index is 11.9. The van der Waals surface area contributed by atoms with Crippen molar-refractivity contribution in [1.29, 1.82) is 0 Å². The van der Waals surface area contributed by atoms with Crippen LogP contribution in [0, 0.1) is 11.9 Å². The quantitative estimate of drug-likeness (QED) is 0.427. The van der Waals surface area contributed by atoms with E-state index in [1.54, 1.807) is 0 Å². The van der Waals surface area contributed by atoms with Crippen molar-refractivity contribution in [3.8, 4) is 0 Å². The van der Waals surface area contributed by atoms with Gasteiger partial charge in [0.15, 0.2) is 0 Å². The van der Waals surface area contributed by atoms with Crippen LogP contribution in [-0.4, -0.2) is 7.25 Å². The number of halogens is 5. The monoisotopic (exact) mass is 182 g/mol. The minimum atomic E-state index is -6.00. The predicted octanol–water partition coefficient (Wildman–Crippen LogP) is 2.93. The van der Waals surface area contributed by atoms with Crippen LogP contribution in [0.5, 0.6) is 0 Å². The zero-order chi connectivity index (χ0) is 9.61. The second-order valence-corrected chi connectivity index (χ2v) is 1.71. The average Bonchev–Trinajstić information content (AvgIpc) is 1.85. The summed E-state index contributed by atoms with van der Waals surface area (Å²) in [6, 6.07) is 8.49. The summed E-state index contributed by atoms with van der Waals surface area (Å²) in [7, 11) is -6.00. The Bertz CT molecular complexity index is 201. The van der Waals surface area contributed by atoms with Crippen LogP contribution < -0.4 is 0 Å². The van der Waals surface area contributed by atoms with Crippen molar-refractivity contribution in [1.82, 2.24) is 0 Å². The van der Waals surface area contributed by atoms with Gasteiger partial charge in [0.2, 0.25) is 0 Å². The minimum Gasteiger partial charge on any atom is -0.418 e. The van der Waals surface area contributed by atoms with E-state index in [-0.39, 0.29) is 5.82 Å². The van der Waals surface area contributed by atoms with Gasteiger partial charge >= 0.3 is 7.25 Å². The SMILES string of the molecule is F[B-](F)(F)F.Fc1cc[c]cc1. The number of rotatable bonds is 0. The van der Waals surface area contributed by atoms with Crippen LogP contribution >= 0.6 is 0 Å². The van der Waals surface area contributed by atoms with Gasteiger partial charge in [0, 0.05) is 0 Å². The van der Waals surface area contributed by atoms with E-state index in [0.717, 1.165) is 0 Å². The van der Waals surface area contributed by atoms with Crippen molar-refractivity contribution in [2.75, 3.05) is 0 Å². The molecule has 0 saturated heterocycles. The molecule has 0 unspecified atom stereocenters. The first-order valence-corrected chi connectivity index (χ1v) is 2.88. The van der Waals surface area contributed by atoms with Gasteiger partial charge in [-0.25, -0.2) is 4.39 Å².